The average molecular weight is 947 g/mol. The van der Waals surface area contributed by atoms with E-state index in [2.05, 4.69) is 289 Å². The number of anilines is 6. The number of nitrogens with zero attached hydrogens (tertiary/aromatic N) is 2. The second-order valence-electron chi connectivity index (χ2n) is 18.9. The second-order valence-corrected chi connectivity index (χ2v) is 18.9. The Morgan fingerprint density at radius 2 is 0.446 bits per heavy atom. The summed E-state index contributed by atoms with van der Waals surface area (Å²) in [4.78, 5) is 4.60. The zero-order valence-corrected chi connectivity index (χ0v) is 40.3. The SMILES string of the molecule is c1ccc(-c2ccc(N(c3ccccc3)c3ccc(-c4ccc5c(c4)oc4cc6cc7c(cc6cc45)oc4cc(-c5ccc(N(c6ccccc6)c6ccc(-c8ccccc8)cc6)cc5)ccc47)cc3)cc2)cc1. The molecular weight excluding hydrogens is 901 g/mol. The van der Waals surface area contributed by atoms with Crippen molar-refractivity contribution in [3.8, 4) is 44.5 Å². The highest BCUT2D eigenvalue weighted by Crippen LogP contribution is 2.42. The van der Waals surface area contributed by atoms with Crippen molar-refractivity contribution in [2.45, 2.75) is 0 Å². The predicted molar refractivity (Wildman–Crippen MR) is 310 cm³/mol. The van der Waals surface area contributed by atoms with Gasteiger partial charge in [0.15, 0.2) is 0 Å². The average Bonchev–Trinajstić information content (AvgIpc) is 4.03. The molecule has 0 spiro atoms. The molecule has 0 fully saturated rings. The van der Waals surface area contributed by atoms with Gasteiger partial charge in [-0.05, 0) is 177 Å². The van der Waals surface area contributed by atoms with Crippen LogP contribution in [0.5, 0.6) is 0 Å². The molecular formula is C70H46N2O2. The minimum Gasteiger partial charge on any atom is -0.456 e. The maximum Gasteiger partial charge on any atom is 0.136 e. The highest BCUT2D eigenvalue weighted by atomic mass is 16.3. The van der Waals surface area contributed by atoms with Gasteiger partial charge in [-0.25, -0.2) is 0 Å². The van der Waals surface area contributed by atoms with Gasteiger partial charge in [0.05, 0.1) is 0 Å². The predicted octanol–water partition coefficient (Wildman–Crippen LogP) is 20.2. The Bertz CT molecular complexity index is 4020. The summed E-state index contributed by atoms with van der Waals surface area (Å²) in [5.41, 5.74) is 19.3. The van der Waals surface area contributed by atoms with Gasteiger partial charge in [-0.1, -0.05) is 158 Å². The summed E-state index contributed by atoms with van der Waals surface area (Å²) in [7, 11) is 0. The first-order valence-electron chi connectivity index (χ1n) is 25.1. The van der Waals surface area contributed by atoms with E-state index in [4.69, 9.17) is 8.83 Å². The van der Waals surface area contributed by atoms with Gasteiger partial charge in [0, 0.05) is 55.7 Å². The molecule has 0 atom stereocenters. The fourth-order valence-corrected chi connectivity index (χ4v) is 10.7. The van der Waals surface area contributed by atoms with Crippen LogP contribution in [-0.4, -0.2) is 0 Å². The summed E-state index contributed by atoms with van der Waals surface area (Å²) in [6.45, 7) is 0. The molecule has 14 aromatic rings. The van der Waals surface area contributed by atoms with Gasteiger partial charge < -0.3 is 18.6 Å². The van der Waals surface area contributed by atoms with Crippen LogP contribution in [0.1, 0.15) is 0 Å². The Hall–Kier alpha value is -9.90. The number of rotatable bonds is 10. The van der Waals surface area contributed by atoms with Crippen molar-refractivity contribution in [2.24, 2.45) is 0 Å². The van der Waals surface area contributed by atoms with Gasteiger partial charge in [-0.15, -0.1) is 0 Å². The lowest BCUT2D eigenvalue weighted by Gasteiger charge is -2.26. The van der Waals surface area contributed by atoms with Crippen molar-refractivity contribution in [2.75, 3.05) is 9.80 Å². The normalized spacial score (nSPS) is 11.5. The van der Waals surface area contributed by atoms with E-state index < -0.39 is 0 Å². The molecule has 2 heterocycles. The van der Waals surface area contributed by atoms with Gasteiger partial charge in [0.1, 0.15) is 22.3 Å². The fourth-order valence-electron chi connectivity index (χ4n) is 10.7. The van der Waals surface area contributed by atoms with E-state index in [-0.39, 0.29) is 0 Å². The third-order valence-electron chi connectivity index (χ3n) is 14.4. The molecule has 0 unspecified atom stereocenters. The molecule has 0 aliphatic rings. The standard InChI is InChI=1S/C70H46N2O2/c1-5-13-47(14-6-1)49-21-31-59(32-22-49)71(57-17-9-3-10-18-57)61-35-25-51(26-36-61)53-29-39-63-65-41-55-46-70-66(42-56(55)45-69(65)73-67(63)43-53)64-40-30-54(44-68(64)74-70)52-27-37-62(38-28-52)72(58-19-11-4-12-20-58)60-33-23-50(24-34-60)48-15-7-2-8-16-48/h1-46H. The van der Waals surface area contributed by atoms with E-state index in [1.54, 1.807) is 0 Å². The lowest BCUT2D eigenvalue weighted by atomic mass is 10.00. The molecule has 0 saturated carbocycles. The van der Waals surface area contributed by atoms with E-state index in [1.807, 2.05) is 0 Å². The van der Waals surface area contributed by atoms with Gasteiger partial charge in [0.2, 0.25) is 0 Å². The molecule has 14 rings (SSSR count). The topological polar surface area (TPSA) is 32.8 Å². The van der Waals surface area contributed by atoms with Crippen LogP contribution in [0.25, 0.3) is 99.2 Å². The molecule has 0 amide bonds. The van der Waals surface area contributed by atoms with E-state index in [1.165, 1.54) is 22.3 Å². The van der Waals surface area contributed by atoms with Crippen molar-refractivity contribution >= 4 is 88.8 Å². The monoisotopic (exact) mass is 946 g/mol. The quantitative estimate of drug-likeness (QED) is 0.137. The van der Waals surface area contributed by atoms with Gasteiger partial charge in [-0.3, -0.25) is 0 Å². The van der Waals surface area contributed by atoms with Crippen LogP contribution >= 0.6 is 0 Å². The minimum atomic E-state index is 0.862. The number of furan rings is 2. The zero-order valence-electron chi connectivity index (χ0n) is 40.3. The Balaban J connectivity index is 0.737. The van der Waals surface area contributed by atoms with Crippen molar-refractivity contribution in [1.29, 1.82) is 0 Å². The fraction of sp³-hybridized carbons (Fsp3) is 0. The molecule has 0 aliphatic heterocycles. The van der Waals surface area contributed by atoms with Crippen LogP contribution in [0.4, 0.5) is 34.1 Å². The summed E-state index contributed by atoms with van der Waals surface area (Å²) in [6.07, 6.45) is 0. The van der Waals surface area contributed by atoms with E-state index >= 15 is 0 Å². The van der Waals surface area contributed by atoms with Crippen molar-refractivity contribution in [3.63, 3.8) is 0 Å². The summed E-state index contributed by atoms with van der Waals surface area (Å²) in [5, 5.41) is 6.56. The van der Waals surface area contributed by atoms with Crippen LogP contribution < -0.4 is 9.80 Å². The molecule has 4 nitrogen and oxygen atoms in total. The third-order valence-corrected chi connectivity index (χ3v) is 14.4. The number of hydrogen-bond donors (Lipinski definition) is 0. The first-order valence-corrected chi connectivity index (χ1v) is 25.1. The molecule has 74 heavy (non-hydrogen) atoms. The zero-order chi connectivity index (χ0) is 49.0. The first kappa shape index (κ1) is 42.9. The Labute approximate surface area is 428 Å². The second kappa shape index (κ2) is 18.1. The van der Waals surface area contributed by atoms with Crippen molar-refractivity contribution in [1.82, 2.24) is 0 Å². The van der Waals surface area contributed by atoms with Crippen LogP contribution in [0.15, 0.2) is 288 Å². The Morgan fingerprint density at radius 3 is 0.784 bits per heavy atom. The lowest BCUT2D eigenvalue weighted by Crippen LogP contribution is -2.09. The number of benzene rings is 12. The highest BCUT2D eigenvalue weighted by molar-refractivity contribution is 6.15. The Kier molecular flexibility index (Phi) is 10.5. The number of fused-ring (bicyclic) bond motifs is 7. The lowest BCUT2D eigenvalue weighted by molar-refractivity contribution is 0.668. The van der Waals surface area contributed by atoms with E-state index in [0.29, 0.717) is 0 Å². The smallest absolute Gasteiger partial charge is 0.136 e. The van der Waals surface area contributed by atoms with E-state index in [0.717, 1.165) is 111 Å². The van der Waals surface area contributed by atoms with Crippen molar-refractivity contribution < 1.29 is 8.83 Å². The largest absolute Gasteiger partial charge is 0.456 e. The molecule has 348 valence electrons. The summed E-state index contributed by atoms with van der Waals surface area (Å²) in [5.74, 6) is 0. The van der Waals surface area contributed by atoms with Gasteiger partial charge >= 0.3 is 0 Å². The van der Waals surface area contributed by atoms with Crippen LogP contribution in [-0.2, 0) is 0 Å². The minimum absolute atomic E-state index is 0.862. The maximum absolute atomic E-state index is 6.65. The molecule has 4 heteroatoms. The van der Waals surface area contributed by atoms with Crippen LogP contribution in [0.3, 0.4) is 0 Å². The molecule has 0 bridgehead atoms. The third kappa shape index (κ3) is 7.83. The Morgan fingerprint density at radius 1 is 0.189 bits per heavy atom. The molecule has 12 aromatic carbocycles. The summed E-state index contributed by atoms with van der Waals surface area (Å²) >= 11 is 0. The van der Waals surface area contributed by atoms with Crippen LogP contribution in [0, 0.1) is 0 Å². The maximum atomic E-state index is 6.65. The number of para-hydroxylation sites is 2. The summed E-state index contributed by atoms with van der Waals surface area (Å²) < 4.78 is 13.3. The number of hydrogen-bond acceptors (Lipinski definition) is 4. The van der Waals surface area contributed by atoms with Crippen molar-refractivity contribution in [3.05, 3.63) is 279 Å². The molecule has 0 aliphatic carbocycles. The highest BCUT2D eigenvalue weighted by Gasteiger charge is 2.18. The van der Waals surface area contributed by atoms with Gasteiger partial charge in [-0.2, -0.15) is 0 Å². The molecule has 2 aromatic heterocycles. The van der Waals surface area contributed by atoms with Gasteiger partial charge in [0.25, 0.3) is 0 Å². The molecule has 0 radical (unpaired) electrons. The van der Waals surface area contributed by atoms with Crippen LogP contribution in [0.2, 0.25) is 0 Å². The molecule has 0 N–H and O–H groups in total. The van der Waals surface area contributed by atoms with E-state index in [9.17, 15) is 0 Å². The first-order chi connectivity index (χ1) is 36.6. The molecule has 0 saturated heterocycles. The summed E-state index contributed by atoms with van der Waals surface area (Å²) in [6, 6.07) is 99.3.